The normalized spacial score (nSPS) is 14.3. The van der Waals surface area contributed by atoms with E-state index in [1.54, 1.807) is 24.3 Å². The van der Waals surface area contributed by atoms with Gasteiger partial charge in [0.25, 0.3) is 5.91 Å². The Morgan fingerprint density at radius 1 is 1.20 bits per heavy atom. The number of amides is 1. The Kier molecular flexibility index (Phi) is 4.67. The molecule has 0 aliphatic carbocycles. The summed E-state index contributed by atoms with van der Waals surface area (Å²) in [6, 6.07) is 12.1. The number of nitrogens with one attached hydrogen (secondary N) is 2. The third-order valence-electron chi connectivity index (χ3n) is 3.99. The SMILES string of the molecule is C[C@@H](NC(=O)c1ccc2c(c1)CCO2)c1cccc(NS(C)(=O)=O)c1. The second-order valence-corrected chi connectivity index (χ2v) is 7.86. The molecule has 0 aromatic heterocycles. The van der Waals surface area contributed by atoms with Gasteiger partial charge in [0.05, 0.1) is 18.9 Å². The Morgan fingerprint density at radius 3 is 2.76 bits per heavy atom. The maximum Gasteiger partial charge on any atom is 0.251 e. The zero-order valence-corrected chi connectivity index (χ0v) is 14.9. The number of rotatable bonds is 5. The average Bonchev–Trinajstić information content (AvgIpc) is 3.01. The number of fused-ring (bicyclic) bond motifs is 1. The number of hydrogen-bond donors (Lipinski definition) is 2. The third-order valence-corrected chi connectivity index (χ3v) is 4.60. The van der Waals surface area contributed by atoms with Crippen LogP contribution in [0.1, 0.15) is 34.5 Å². The molecule has 2 N–H and O–H groups in total. The van der Waals surface area contributed by atoms with E-state index in [0.29, 0.717) is 17.9 Å². The van der Waals surface area contributed by atoms with E-state index in [2.05, 4.69) is 10.0 Å². The molecule has 1 amide bonds. The van der Waals surface area contributed by atoms with Crippen LogP contribution in [0.2, 0.25) is 0 Å². The topological polar surface area (TPSA) is 84.5 Å². The van der Waals surface area contributed by atoms with Gasteiger partial charge in [-0.05, 0) is 48.4 Å². The molecule has 2 aromatic carbocycles. The van der Waals surface area contributed by atoms with Crippen LogP contribution in [0, 0.1) is 0 Å². The zero-order chi connectivity index (χ0) is 18.0. The molecule has 25 heavy (non-hydrogen) atoms. The summed E-state index contributed by atoms with van der Waals surface area (Å²) in [5, 5.41) is 2.94. The van der Waals surface area contributed by atoms with Crippen LogP contribution in [0.4, 0.5) is 5.69 Å². The Balaban J connectivity index is 1.72. The maximum atomic E-state index is 12.5. The molecule has 1 aliphatic rings. The van der Waals surface area contributed by atoms with Crippen molar-refractivity contribution in [1.82, 2.24) is 5.32 Å². The molecule has 1 aliphatic heterocycles. The quantitative estimate of drug-likeness (QED) is 0.858. The van der Waals surface area contributed by atoms with Crippen molar-refractivity contribution in [3.05, 3.63) is 59.2 Å². The van der Waals surface area contributed by atoms with Gasteiger partial charge in [0.1, 0.15) is 5.75 Å². The van der Waals surface area contributed by atoms with Gasteiger partial charge in [0.15, 0.2) is 0 Å². The summed E-state index contributed by atoms with van der Waals surface area (Å²) in [6.07, 6.45) is 1.91. The molecule has 132 valence electrons. The number of carbonyl (C=O) groups excluding carboxylic acids is 1. The van der Waals surface area contributed by atoms with Crippen LogP contribution in [-0.2, 0) is 16.4 Å². The van der Waals surface area contributed by atoms with E-state index in [1.165, 1.54) is 0 Å². The number of anilines is 1. The highest BCUT2D eigenvalue weighted by Crippen LogP contribution is 2.26. The fourth-order valence-electron chi connectivity index (χ4n) is 2.78. The minimum absolute atomic E-state index is 0.177. The molecule has 0 bridgehead atoms. The molecular weight excluding hydrogens is 340 g/mol. The summed E-state index contributed by atoms with van der Waals surface area (Å²) in [5.41, 5.74) is 2.91. The molecule has 0 radical (unpaired) electrons. The second-order valence-electron chi connectivity index (χ2n) is 6.12. The summed E-state index contributed by atoms with van der Waals surface area (Å²) in [5.74, 6) is 0.660. The monoisotopic (exact) mass is 360 g/mol. The molecule has 0 saturated heterocycles. The van der Waals surface area contributed by atoms with Gasteiger partial charge in [-0.2, -0.15) is 0 Å². The van der Waals surface area contributed by atoms with E-state index in [4.69, 9.17) is 4.74 Å². The van der Waals surface area contributed by atoms with E-state index in [-0.39, 0.29) is 11.9 Å². The van der Waals surface area contributed by atoms with Crippen molar-refractivity contribution in [1.29, 1.82) is 0 Å². The van der Waals surface area contributed by atoms with Crippen LogP contribution in [0.5, 0.6) is 5.75 Å². The van der Waals surface area contributed by atoms with Crippen LogP contribution in [0.3, 0.4) is 0 Å². The Bertz CT molecular complexity index is 909. The summed E-state index contributed by atoms with van der Waals surface area (Å²) in [6.45, 7) is 2.50. The van der Waals surface area contributed by atoms with Gasteiger partial charge >= 0.3 is 0 Å². The first kappa shape index (κ1) is 17.3. The summed E-state index contributed by atoms with van der Waals surface area (Å²) in [7, 11) is -3.34. The molecule has 2 aromatic rings. The zero-order valence-electron chi connectivity index (χ0n) is 14.1. The molecule has 0 saturated carbocycles. The van der Waals surface area contributed by atoms with Crippen LogP contribution in [-0.4, -0.2) is 27.2 Å². The Labute approximate surface area is 147 Å². The fourth-order valence-corrected chi connectivity index (χ4v) is 3.33. The lowest BCUT2D eigenvalue weighted by Crippen LogP contribution is -2.26. The predicted molar refractivity (Wildman–Crippen MR) is 96.4 cm³/mol. The standard InChI is InChI=1S/C18H20N2O4S/c1-12(13-4-3-5-16(11-13)20-25(2,22)23)19-18(21)15-6-7-17-14(10-15)8-9-24-17/h3-7,10-12,20H,8-9H2,1-2H3,(H,19,21)/t12-/m1/s1. The first-order chi connectivity index (χ1) is 11.8. The first-order valence-corrected chi connectivity index (χ1v) is 9.85. The van der Waals surface area contributed by atoms with Crippen molar-refractivity contribution in [3.8, 4) is 5.75 Å². The van der Waals surface area contributed by atoms with Crippen molar-refractivity contribution in [2.24, 2.45) is 0 Å². The molecule has 0 unspecified atom stereocenters. The minimum Gasteiger partial charge on any atom is -0.493 e. The van der Waals surface area contributed by atoms with Gasteiger partial charge < -0.3 is 10.1 Å². The van der Waals surface area contributed by atoms with Gasteiger partial charge in [0, 0.05) is 17.7 Å². The summed E-state index contributed by atoms with van der Waals surface area (Å²) in [4.78, 5) is 12.5. The van der Waals surface area contributed by atoms with Crippen molar-refractivity contribution < 1.29 is 17.9 Å². The molecule has 1 heterocycles. The largest absolute Gasteiger partial charge is 0.493 e. The Hall–Kier alpha value is -2.54. The van der Waals surface area contributed by atoms with Crippen LogP contribution in [0.25, 0.3) is 0 Å². The van der Waals surface area contributed by atoms with Gasteiger partial charge in [-0.3, -0.25) is 9.52 Å². The van der Waals surface area contributed by atoms with Gasteiger partial charge in [-0.1, -0.05) is 12.1 Å². The molecule has 0 fully saturated rings. The number of ether oxygens (including phenoxy) is 1. The summed E-state index contributed by atoms with van der Waals surface area (Å²) < 4.78 is 30.6. The van der Waals surface area contributed by atoms with Gasteiger partial charge in [-0.25, -0.2) is 8.42 Å². The highest BCUT2D eigenvalue weighted by Gasteiger charge is 2.17. The van der Waals surface area contributed by atoms with E-state index in [1.807, 2.05) is 25.1 Å². The van der Waals surface area contributed by atoms with E-state index < -0.39 is 10.0 Å². The fraction of sp³-hybridized carbons (Fsp3) is 0.278. The van der Waals surface area contributed by atoms with E-state index >= 15 is 0 Å². The first-order valence-electron chi connectivity index (χ1n) is 7.96. The van der Waals surface area contributed by atoms with Crippen LogP contribution >= 0.6 is 0 Å². The number of carbonyl (C=O) groups is 1. The lowest BCUT2D eigenvalue weighted by Gasteiger charge is -2.16. The molecule has 1 atom stereocenters. The lowest BCUT2D eigenvalue weighted by atomic mass is 10.1. The smallest absolute Gasteiger partial charge is 0.251 e. The van der Waals surface area contributed by atoms with Gasteiger partial charge in [0.2, 0.25) is 10.0 Å². The number of hydrogen-bond acceptors (Lipinski definition) is 4. The van der Waals surface area contributed by atoms with Crippen molar-refractivity contribution >= 4 is 21.6 Å². The summed E-state index contributed by atoms with van der Waals surface area (Å²) >= 11 is 0. The highest BCUT2D eigenvalue weighted by molar-refractivity contribution is 7.92. The molecule has 3 rings (SSSR count). The lowest BCUT2D eigenvalue weighted by molar-refractivity contribution is 0.0940. The third kappa shape index (κ3) is 4.30. The van der Waals surface area contributed by atoms with E-state index in [0.717, 1.165) is 29.6 Å². The highest BCUT2D eigenvalue weighted by atomic mass is 32.2. The minimum atomic E-state index is -3.34. The van der Waals surface area contributed by atoms with Crippen molar-refractivity contribution in [3.63, 3.8) is 0 Å². The van der Waals surface area contributed by atoms with Crippen LogP contribution in [0.15, 0.2) is 42.5 Å². The second kappa shape index (κ2) is 6.76. The van der Waals surface area contributed by atoms with Crippen LogP contribution < -0.4 is 14.8 Å². The Morgan fingerprint density at radius 2 is 2.00 bits per heavy atom. The molecule has 6 nitrogen and oxygen atoms in total. The predicted octanol–water partition coefficient (Wildman–Crippen LogP) is 2.48. The average molecular weight is 360 g/mol. The van der Waals surface area contributed by atoms with E-state index in [9.17, 15) is 13.2 Å². The molecule has 7 heteroatoms. The van der Waals surface area contributed by atoms with Crippen molar-refractivity contribution in [2.45, 2.75) is 19.4 Å². The number of benzene rings is 2. The van der Waals surface area contributed by atoms with Gasteiger partial charge in [-0.15, -0.1) is 0 Å². The van der Waals surface area contributed by atoms with Crippen molar-refractivity contribution in [2.75, 3.05) is 17.6 Å². The molecular formula is C18H20N2O4S. The maximum absolute atomic E-state index is 12.5. The number of sulfonamides is 1. The molecule has 0 spiro atoms.